The van der Waals surface area contributed by atoms with Gasteiger partial charge < -0.3 is 15.3 Å². The van der Waals surface area contributed by atoms with Crippen LogP contribution in [0.1, 0.15) is 56.8 Å². The fraction of sp³-hybridized carbons (Fsp3) is 0.533. The molecule has 0 spiro atoms. The number of benzene rings is 1. The highest BCUT2D eigenvalue weighted by Gasteiger charge is 2.32. The molecule has 1 aromatic carbocycles. The van der Waals surface area contributed by atoms with Crippen LogP contribution in [0, 0.1) is 12.7 Å². The first-order valence-electron chi connectivity index (χ1n) is 14.3. The second kappa shape index (κ2) is 13.7. The maximum absolute atomic E-state index is 14.4. The summed E-state index contributed by atoms with van der Waals surface area (Å²) in [4.78, 5) is 32.1. The van der Waals surface area contributed by atoms with Crippen molar-refractivity contribution >= 4 is 34.1 Å². The summed E-state index contributed by atoms with van der Waals surface area (Å²) in [6, 6.07) is 4.79. The molecule has 0 aliphatic carbocycles. The number of carboxylic acids is 1. The molecule has 0 amide bonds. The third-order valence-corrected chi connectivity index (χ3v) is 8.95. The van der Waals surface area contributed by atoms with Crippen LogP contribution < -0.4 is 10.2 Å². The minimum atomic E-state index is -4.69. The molecule has 9 nitrogen and oxygen atoms in total. The zero-order valence-electron chi connectivity index (χ0n) is 24.3. The average molecular weight is 638 g/mol. The molecule has 44 heavy (non-hydrogen) atoms. The molecule has 0 radical (unpaired) electrons. The molecule has 14 heteroatoms. The Labute approximate surface area is 258 Å². The summed E-state index contributed by atoms with van der Waals surface area (Å²) < 4.78 is 55.0. The van der Waals surface area contributed by atoms with E-state index in [1.54, 1.807) is 13.0 Å². The van der Waals surface area contributed by atoms with Gasteiger partial charge in [-0.2, -0.15) is 13.2 Å². The summed E-state index contributed by atoms with van der Waals surface area (Å²) in [5.74, 6) is -0.0639. The number of piperazine rings is 1. The predicted molar refractivity (Wildman–Crippen MR) is 164 cm³/mol. The van der Waals surface area contributed by atoms with Crippen molar-refractivity contribution in [3.05, 3.63) is 46.3 Å². The summed E-state index contributed by atoms with van der Waals surface area (Å²) in [7, 11) is 0. The molecule has 2 saturated heterocycles. The van der Waals surface area contributed by atoms with Crippen LogP contribution in [-0.4, -0.2) is 80.6 Å². The molecule has 240 valence electrons. The third-order valence-electron chi connectivity index (χ3n) is 7.99. The second-order valence-electron chi connectivity index (χ2n) is 11.2. The molecule has 2 aliphatic rings. The molecule has 0 bridgehead atoms. The Bertz CT molecular complexity index is 1470. The van der Waals surface area contributed by atoms with E-state index < -0.39 is 23.5 Å². The summed E-state index contributed by atoms with van der Waals surface area (Å²) in [5.41, 5.74) is -0.666. The van der Waals surface area contributed by atoms with Crippen LogP contribution in [0.5, 0.6) is 0 Å². The average Bonchev–Trinajstić information content (AvgIpc) is 3.52. The standard InChI is InChI=1S/C29H35F4N7O2S.CH4/c1-17-5-4-7-39(17)16-23-27(20-11-21(29(31,32)33)13-22(30)12-20)37-28(43-23)36-24-14-25(35-19(3)34-24)40-10-9-38(18(2)15-40)8-6-26(41)42;/h11-14,17-18H,4-10,15-16H2,1-3H3,(H,41,42)(H,34,35,36,37);1H4/t17-,18+;/m1./s1. The van der Waals surface area contributed by atoms with Crippen LogP contribution in [0.2, 0.25) is 0 Å². The van der Waals surface area contributed by atoms with E-state index in [1.807, 2.05) is 0 Å². The number of aryl methyl sites for hydroxylation is 1. The monoisotopic (exact) mass is 637 g/mol. The number of hydrogen-bond donors (Lipinski definition) is 2. The van der Waals surface area contributed by atoms with Gasteiger partial charge in [0.1, 0.15) is 23.3 Å². The maximum Gasteiger partial charge on any atom is 0.416 e. The zero-order valence-corrected chi connectivity index (χ0v) is 25.1. The Kier molecular flexibility index (Phi) is 10.5. The maximum atomic E-state index is 14.4. The minimum absolute atomic E-state index is 0. The van der Waals surface area contributed by atoms with E-state index in [0.717, 1.165) is 36.4 Å². The number of likely N-dealkylation sites (tertiary alicyclic amines) is 1. The molecule has 2 fully saturated rings. The number of alkyl halides is 3. The Balaban J connectivity index is 0.00000442. The van der Waals surface area contributed by atoms with Crippen LogP contribution >= 0.6 is 11.3 Å². The highest BCUT2D eigenvalue weighted by molar-refractivity contribution is 7.16. The summed E-state index contributed by atoms with van der Waals surface area (Å²) in [6.07, 6.45) is -2.53. The molecular formula is C30H39F4N7O2S. The van der Waals surface area contributed by atoms with Gasteiger partial charge in [-0.25, -0.2) is 19.3 Å². The van der Waals surface area contributed by atoms with Crippen LogP contribution in [0.15, 0.2) is 24.3 Å². The van der Waals surface area contributed by atoms with Gasteiger partial charge in [-0.05, 0) is 58.4 Å². The number of carboxylic acid groups (broad SMARTS) is 1. The first-order valence-corrected chi connectivity index (χ1v) is 15.1. The normalized spacial score (nSPS) is 19.7. The van der Waals surface area contributed by atoms with Crippen LogP contribution in [0.4, 0.5) is 34.3 Å². The van der Waals surface area contributed by atoms with Gasteiger partial charge in [-0.15, -0.1) is 0 Å². The quantitative estimate of drug-likeness (QED) is 0.258. The lowest BCUT2D eigenvalue weighted by molar-refractivity contribution is -0.138. The van der Waals surface area contributed by atoms with Crippen LogP contribution in [0.25, 0.3) is 11.3 Å². The Morgan fingerprint density at radius 2 is 1.84 bits per heavy atom. The van der Waals surface area contributed by atoms with Crippen molar-refractivity contribution in [3.8, 4) is 11.3 Å². The highest BCUT2D eigenvalue weighted by atomic mass is 32.1. The van der Waals surface area contributed by atoms with Gasteiger partial charge in [0.2, 0.25) is 0 Å². The molecule has 2 atom stereocenters. The van der Waals surface area contributed by atoms with E-state index in [4.69, 9.17) is 5.11 Å². The smallest absolute Gasteiger partial charge is 0.416 e. The van der Waals surface area contributed by atoms with E-state index in [9.17, 15) is 22.4 Å². The molecule has 4 heterocycles. The van der Waals surface area contributed by atoms with Gasteiger partial charge in [-0.1, -0.05) is 18.8 Å². The number of rotatable bonds is 9. The fourth-order valence-electron chi connectivity index (χ4n) is 5.70. The number of carbonyl (C=O) groups is 1. The van der Waals surface area contributed by atoms with E-state index in [-0.39, 0.29) is 25.5 Å². The van der Waals surface area contributed by atoms with E-state index in [1.165, 1.54) is 11.3 Å². The molecule has 0 saturated carbocycles. The summed E-state index contributed by atoms with van der Waals surface area (Å²) in [5, 5.41) is 12.7. The van der Waals surface area contributed by atoms with Crippen LogP contribution in [-0.2, 0) is 17.5 Å². The molecule has 2 N–H and O–H groups in total. The lowest BCUT2D eigenvalue weighted by Gasteiger charge is -2.40. The number of nitrogens with one attached hydrogen (secondary N) is 1. The lowest BCUT2D eigenvalue weighted by atomic mass is 10.1. The van der Waals surface area contributed by atoms with E-state index in [2.05, 4.69) is 48.8 Å². The molecule has 0 unspecified atom stereocenters. The largest absolute Gasteiger partial charge is 0.481 e. The SMILES string of the molecule is C.Cc1nc(Nc2nc(-c3cc(F)cc(C(F)(F)F)c3)c(CN3CCC[C@H]3C)s2)cc(N2CCN(CCC(=O)O)[C@@H](C)C2)n1. The zero-order chi connectivity index (χ0) is 30.9. The van der Waals surface area contributed by atoms with Gasteiger partial charge in [-0.3, -0.25) is 14.6 Å². The summed E-state index contributed by atoms with van der Waals surface area (Å²) in [6.45, 7) is 9.83. The van der Waals surface area contributed by atoms with Crippen molar-refractivity contribution in [3.63, 3.8) is 0 Å². The molecule has 2 aromatic heterocycles. The fourth-order valence-corrected chi connectivity index (χ4v) is 6.72. The molecular weight excluding hydrogens is 598 g/mol. The van der Waals surface area contributed by atoms with E-state index >= 15 is 0 Å². The van der Waals surface area contributed by atoms with Crippen LogP contribution in [0.3, 0.4) is 0 Å². The number of anilines is 3. The number of thiazole rings is 1. The molecule has 3 aromatic rings. The van der Waals surface area contributed by atoms with Crippen molar-refractivity contribution in [2.45, 2.75) is 72.3 Å². The van der Waals surface area contributed by atoms with Crippen molar-refractivity contribution in [1.29, 1.82) is 0 Å². The number of aliphatic carboxylic acids is 1. The van der Waals surface area contributed by atoms with Crippen molar-refractivity contribution in [1.82, 2.24) is 24.8 Å². The van der Waals surface area contributed by atoms with Crippen molar-refractivity contribution in [2.24, 2.45) is 0 Å². The van der Waals surface area contributed by atoms with Gasteiger partial charge in [0, 0.05) is 61.3 Å². The minimum Gasteiger partial charge on any atom is -0.481 e. The predicted octanol–water partition coefficient (Wildman–Crippen LogP) is 6.42. The van der Waals surface area contributed by atoms with Gasteiger partial charge in [0.15, 0.2) is 5.13 Å². The molecule has 5 rings (SSSR count). The first kappa shape index (κ1) is 33.5. The summed E-state index contributed by atoms with van der Waals surface area (Å²) >= 11 is 1.32. The van der Waals surface area contributed by atoms with E-state index in [0.29, 0.717) is 73.1 Å². The third kappa shape index (κ3) is 8.02. The Hall–Kier alpha value is -3.36. The number of aromatic nitrogens is 3. The van der Waals surface area contributed by atoms with Crippen molar-refractivity contribution in [2.75, 3.05) is 42.9 Å². The number of nitrogens with zero attached hydrogens (tertiary/aromatic N) is 6. The lowest BCUT2D eigenvalue weighted by Crippen LogP contribution is -2.52. The number of halogens is 4. The topological polar surface area (TPSA) is 97.7 Å². The van der Waals surface area contributed by atoms with Gasteiger partial charge in [0.05, 0.1) is 17.7 Å². The number of hydrogen-bond acceptors (Lipinski definition) is 9. The van der Waals surface area contributed by atoms with Gasteiger partial charge >= 0.3 is 12.1 Å². The highest BCUT2D eigenvalue weighted by Crippen LogP contribution is 2.38. The van der Waals surface area contributed by atoms with Crippen molar-refractivity contribution < 1.29 is 27.5 Å². The second-order valence-corrected chi connectivity index (χ2v) is 12.3. The van der Waals surface area contributed by atoms with Gasteiger partial charge in [0.25, 0.3) is 0 Å². The Morgan fingerprint density at radius 1 is 1.07 bits per heavy atom. The molecule has 2 aliphatic heterocycles. The Morgan fingerprint density at radius 3 is 2.50 bits per heavy atom. The first-order chi connectivity index (χ1) is 20.4.